The van der Waals surface area contributed by atoms with Crippen LogP contribution >= 0.6 is 0 Å². The van der Waals surface area contributed by atoms with E-state index in [2.05, 4.69) is 5.32 Å². The summed E-state index contributed by atoms with van der Waals surface area (Å²) in [6.45, 7) is 0.669. The molecular formula is C36H31F3N2O2. The van der Waals surface area contributed by atoms with Gasteiger partial charge in [0.2, 0.25) is 0 Å². The third kappa shape index (κ3) is 8.26. The van der Waals surface area contributed by atoms with Crippen LogP contribution in [0.2, 0.25) is 0 Å². The molecule has 43 heavy (non-hydrogen) atoms. The maximum absolute atomic E-state index is 13.9. The minimum absolute atomic E-state index is 0.0704. The fraction of sp³-hybridized carbons (Fsp3) is 0.139. The number of ether oxygens (including phenoxy) is 1. The quantitative estimate of drug-likeness (QED) is 0.179. The van der Waals surface area contributed by atoms with Crippen molar-refractivity contribution >= 4 is 11.7 Å². The Bertz CT molecular complexity index is 1590. The number of nitrogens with one attached hydrogen (secondary N) is 1. The van der Waals surface area contributed by atoms with E-state index in [1.54, 1.807) is 4.90 Å². The van der Waals surface area contributed by atoms with Crippen molar-refractivity contribution in [2.75, 3.05) is 5.32 Å². The fourth-order valence-corrected chi connectivity index (χ4v) is 4.84. The number of anilines is 1. The molecule has 0 aromatic heterocycles. The Morgan fingerprint density at radius 2 is 1.28 bits per heavy atom. The summed E-state index contributed by atoms with van der Waals surface area (Å²) in [5.74, 6) is 0.689. The van der Waals surface area contributed by atoms with Gasteiger partial charge in [-0.2, -0.15) is 13.2 Å². The van der Waals surface area contributed by atoms with Crippen LogP contribution in [0.3, 0.4) is 0 Å². The topological polar surface area (TPSA) is 41.6 Å². The van der Waals surface area contributed by atoms with Crippen molar-refractivity contribution in [2.24, 2.45) is 0 Å². The summed E-state index contributed by atoms with van der Waals surface area (Å²) in [6, 6.07) is 40.5. The maximum atomic E-state index is 13.9. The first-order valence-corrected chi connectivity index (χ1v) is 13.9. The third-order valence-electron chi connectivity index (χ3n) is 7.06. The van der Waals surface area contributed by atoms with Crippen LogP contribution in [0.4, 0.5) is 23.7 Å². The Hall–Kier alpha value is -5.04. The van der Waals surface area contributed by atoms with Crippen molar-refractivity contribution in [3.63, 3.8) is 0 Å². The monoisotopic (exact) mass is 580 g/mol. The summed E-state index contributed by atoms with van der Waals surface area (Å²) in [7, 11) is 0. The van der Waals surface area contributed by atoms with Crippen molar-refractivity contribution < 1.29 is 22.7 Å². The molecule has 5 aromatic carbocycles. The number of carbonyl (C=O) groups is 1. The molecule has 0 aliphatic carbocycles. The molecule has 0 spiro atoms. The van der Waals surface area contributed by atoms with E-state index < -0.39 is 23.8 Å². The molecular weight excluding hydrogens is 549 g/mol. The van der Waals surface area contributed by atoms with E-state index in [0.717, 1.165) is 34.4 Å². The molecule has 1 N–H and O–H groups in total. The SMILES string of the molecule is O=C(Nc1cccc(C(F)(F)F)c1)N(Cc1ccccc1)C(Cc1ccccc1)c1ccc(OCc2ccccc2)cc1. The van der Waals surface area contributed by atoms with Gasteiger partial charge in [-0.1, -0.05) is 109 Å². The zero-order chi connectivity index (χ0) is 30.1. The van der Waals surface area contributed by atoms with Gasteiger partial charge in [0.15, 0.2) is 0 Å². The van der Waals surface area contributed by atoms with Crippen molar-refractivity contribution in [1.29, 1.82) is 0 Å². The molecule has 218 valence electrons. The molecule has 0 aliphatic rings. The molecule has 0 saturated heterocycles. The van der Waals surface area contributed by atoms with Crippen LogP contribution < -0.4 is 10.1 Å². The predicted molar refractivity (Wildman–Crippen MR) is 163 cm³/mol. The molecule has 1 unspecified atom stereocenters. The van der Waals surface area contributed by atoms with E-state index >= 15 is 0 Å². The number of amides is 2. The molecule has 0 aliphatic heterocycles. The number of urea groups is 1. The van der Waals surface area contributed by atoms with Gasteiger partial charge in [-0.15, -0.1) is 0 Å². The zero-order valence-electron chi connectivity index (χ0n) is 23.4. The van der Waals surface area contributed by atoms with Gasteiger partial charge in [-0.05, 0) is 59.0 Å². The number of hydrogen-bond donors (Lipinski definition) is 1. The summed E-state index contributed by atoms with van der Waals surface area (Å²) in [4.78, 5) is 15.6. The molecule has 1 atom stereocenters. The number of carbonyl (C=O) groups excluding carboxylic acids is 1. The number of hydrogen-bond acceptors (Lipinski definition) is 2. The Balaban J connectivity index is 1.46. The Kier molecular flexibility index (Phi) is 9.42. The minimum atomic E-state index is -4.52. The number of nitrogens with zero attached hydrogens (tertiary/aromatic N) is 1. The first kappa shape index (κ1) is 29.5. The second kappa shape index (κ2) is 13.7. The van der Waals surface area contributed by atoms with Crippen LogP contribution in [-0.2, 0) is 25.7 Å². The average molecular weight is 581 g/mol. The molecule has 0 heterocycles. The first-order valence-electron chi connectivity index (χ1n) is 13.9. The lowest BCUT2D eigenvalue weighted by molar-refractivity contribution is -0.137. The highest BCUT2D eigenvalue weighted by atomic mass is 19.4. The van der Waals surface area contributed by atoms with E-state index in [1.165, 1.54) is 12.1 Å². The van der Waals surface area contributed by atoms with Gasteiger partial charge >= 0.3 is 12.2 Å². The molecule has 0 bridgehead atoms. The number of alkyl halides is 3. The number of benzene rings is 5. The lowest BCUT2D eigenvalue weighted by Crippen LogP contribution is -2.38. The average Bonchev–Trinajstić information content (AvgIpc) is 3.03. The second-order valence-corrected chi connectivity index (χ2v) is 10.2. The highest BCUT2D eigenvalue weighted by Gasteiger charge is 2.31. The van der Waals surface area contributed by atoms with Gasteiger partial charge in [0, 0.05) is 12.2 Å². The Morgan fingerprint density at radius 1 is 0.698 bits per heavy atom. The molecule has 2 amide bonds. The lowest BCUT2D eigenvalue weighted by Gasteiger charge is -2.33. The van der Waals surface area contributed by atoms with Gasteiger partial charge in [0.05, 0.1) is 11.6 Å². The molecule has 5 rings (SSSR count). The van der Waals surface area contributed by atoms with Crippen LogP contribution in [0, 0.1) is 0 Å². The van der Waals surface area contributed by atoms with E-state index in [0.29, 0.717) is 18.8 Å². The normalized spacial score (nSPS) is 11.9. The highest BCUT2D eigenvalue weighted by Crippen LogP contribution is 2.32. The summed E-state index contributed by atoms with van der Waals surface area (Å²) in [5, 5.41) is 2.72. The molecule has 0 fully saturated rings. The largest absolute Gasteiger partial charge is 0.489 e. The lowest BCUT2D eigenvalue weighted by atomic mass is 9.96. The van der Waals surface area contributed by atoms with Gasteiger partial charge < -0.3 is 15.0 Å². The molecule has 7 heteroatoms. The van der Waals surface area contributed by atoms with Crippen LogP contribution in [0.15, 0.2) is 140 Å². The minimum Gasteiger partial charge on any atom is -0.489 e. The van der Waals surface area contributed by atoms with E-state index in [4.69, 9.17) is 4.74 Å². The van der Waals surface area contributed by atoms with Crippen LogP contribution in [-0.4, -0.2) is 10.9 Å². The van der Waals surface area contributed by atoms with Gasteiger partial charge in [-0.3, -0.25) is 0 Å². The summed E-state index contributed by atoms with van der Waals surface area (Å²) in [6.07, 6.45) is -4.03. The van der Waals surface area contributed by atoms with Crippen LogP contribution in [0.1, 0.15) is 33.9 Å². The van der Waals surface area contributed by atoms with E-state index in [1.807, 2.05) is 115 Å². The smallest absolute Gasteiger partial charge is 0.416 e. The standard InChI is InChI=1S/C36H31F3N2O2/c37-36(38,39)31-17-10-18-32(24-31)40-35(42)41(25-28-13-6-2-7-14-28)34(23-27-11-4-1-5-12-27)30-19-21-33(22-20-30)43-26-29-15-8-3-9-16-29/h1-22,24,34H,23,25-26H2,(H,40,42). The van der Waals surface area contributed by atoms with Crippen LogP contribution in [0.5, 0.6) is 5.75 Å². The second-order valence-electron chi connectivity index (χ2n) is 10.2. The van der Waals surface area contributed by atoms with E-state index in [-0.39, 0.29) is 12.2 Å². The first-order chi connectivity index (χ1) is 20.8. The number of rotatable bonds is 10. The summed E-state index contributed by atoms with van der Waals surface area (Å²) in [5.41, 5.74) is 3.07. The predicted octanol–water partition coefficient (Wildman–Crippen LogP) is 9.30. The van der Waals surface area contributed by atoms with Crippen molar-refractivity contribution in [1.82, 2.24) is 4.90 Å². The molecule has 0 saturated carbocycles. The maximum Gasteiger partial charge on any atom is 0.416 e. The van der Waals surface area contributed by atoms with Gasteiger partial charge in [0.25, 0.3) is 0 Å². The van der Waals surface area contributed by atoms with Gasteiger partial charge in [0.1, 0.15) is 12.4 Å². The number of halogens is 3. The highest BCUT2D eigenvalue weighted by molar-refractivity contribution is 5.89. The van der Waals surface area contributed by atoms with Crippen molar-refractivity contribution in [2.45, 2.75) is 31.8 Å². The third-order valence-corrected chi connectivity index (χ3v) is 7.06. The van der Waals surface area contributed by atoms with Crippen molar-refractivity contribution in [3.8, 4) is 5.75 Å². The van der Waals surface area contributed by atoms with Gasteiger partial charge in [-0.25, -0.2) is 4.79 Å². The molecule has 5 aromatic rings. The Morgan fingerprint density at radius 3 is 1.88 bits per heavy atom. The molecule has 0 radical (unpaired) electrons. The van der Waals surface area contributed by atoms with Crippen molar-refractivity contribution in [3.05, 3.63) is 167 Å². The summed E-state index contributed by atoms with van der Waals surface area (Å²) >= 11 is 0. The van der Waals surface area contributed by atoms with Crippen LogP contribution in [0.25, 0.3) is 0 Å². The van der Waals surface area contributed by atoms with E-state index in [9.17, 15) is 18.0 Å². The molecule has 4 nitrogen and oxygen atoms in total. The fourth-order valence-electron chi connectivity index (χ4n) is 4.84. The Labute approximate surface area is 249 Å². The zero-order valence-corrected chi connectivity index (χ0v) is 23.4. The summed E-state index contributed by atoms with van der Waals surface area (Å²) < 4.78 is 46.2.